The molecule has 4 aromatic carbocycles. The van der Waals surface area contributed by atoms with E-state index in [9.17, 15) is 0 Å². The molecule has 1 heteroatoms. The molecule has 4 aromatic rings. The van der Waals surface area contributed by atoms with Gasteiger partial charge in [-0.15, -0.1) is 0 Å². The van der Waals surface area contributed by atoms with Crippen molar-refractivity contribution in [3.63, 3.8) is 0 Å². The molecule has 2 aliphatic rings. The number of rotatable bonds is 0. The monoisotopic (exact) mass is 506 g/mol. The summed E-state index contributed by atoms with van der Waals surface area (Å²) >= 11 is 4.17. The van der Waals surface area contributed by atoms with Gasteiger partial charge in [0.05, 0.1) is 5.41 Å². The van der Waals surface area contributed by atoms with Crippen LogP contribution in [0.15, 0.2) is 83.3 Å². The van der Waals surface area contributed by atoms with Gasteiger partial charge in [0.1, 0.15) is 0 Å². The van der Waals surface area contributed by atoms with E-state index >= 15 is 0 Å². The second-order valence-electron chi connectivity index (χ2n) is 12.0. The first kappa shape index (κ1) is 21.9. The quantitative estimate of drug-likeness (QED) is 0.192. The van der Waals surface area contributed by atoms with Crippen molar-refractivity contribution in [1.82, 2.24) is 0 Å². The van der Waals surface area contributed by atoms with E-state index in [0.29, 0.717) is 0 Å². The topological polar surface area (TPSA) is 0 Å². The van der Waals surface area contributed by atoms with E-state index in [0.717, 1.165) is 0 Å². The summed E-state index contributed by atoms with van der Waals surface area (Å²) in [7, 11) is 0. The normalized spacial score (nSPS) is 15.1. The first-order valence-corrected chi connectivity index (χ1v) is 13.0. The lowest BCUT2D eigenvalue weighted by Gasteiger charge is -2.34. The van der Waals surface area contributed by atoms with Gasteiger partial charge in [0.25, 0.3) is 0 Å². The Morgan fingerprint density at radius 3 is 1.65 bits per heavy atom. The highest BCUT2D eigenvalue weighted by Gasteiger charge is 2.53. The highest BCUT2D eigenvalue weighted by molar-refractivity contribution is 9.10. The fourth-order valence-electron chi connectivity index (χ4n) is 6.23. The molecule has 0 saturated carbocycles. The van der Waals surface area contributed by atoms with Gasteiger partial charge < -0.3 is 0 Å². The summed E-state index contributed by atoms with van der Waals surface area (Å²) in [4.78, 5) is 0. The molecule has 0 saturated heterocycles. The van der Waals surface area contributed by atoms with Crippen LogP contribution in [0.25, 0.3) is 22.3 Å². The third kappa shape index (κ3) is 2.71. The molecule has 0 aliphatic heterocycles. The van der Waals surface area contributed by atoms with Gasteiger partial charge in [-0.2, -0.15) is 0 Å². The number of fused-ring (bicyclic) bond motifs is 10. The van der Waals surface area contributed by atoms with Gasteiger partial charge in [0, 0.05) is 4.47 Å². The molecule has 0 heterocycles. The maximum Gasteiger partial charge on any atom is 0.0736 e. The molecule has 1 spiro atoms. The summed E-state index contributed by atoms with van der Waals surface area (Å²) in [5, 5.41) is 0. The van der Waals surface area contributed by atoms with E-state index in [2.05, 4.69) is 136 Å². The minimum atomic E-state index is -0.320. The maximum atomic E-state index is 4.17. The standard InChI is InChI=1S/C33H31Br/c1-31(2,3)20-15-16-23-24-17-18-27(32(4,5)6)30(34)29(24)33(28(23)19-20)25-13-9-7-11-21(25)22-12-8-10-14-26(22)33/h7-19H,1-6H3. The lowest BCUT2D eigenvalue weighted by molar-refractivity contribution is 0.583. The Bertz CT molecular complexity index is 1430. The Balaban J connectivity index is 1.84. The maximum absolute atomic E-state index is 4.17. The molecule has 0 fully saturated rings. The van der Waals surface area contributed by atoms with Crippen LogP contribution in [0, 0.1) is 0 Å². The van der Waals surface area contributed by atoms with Crippen molar-refractivity contribution in [2.45, 2.75) is 57.8 Å². The van der Waals surface area contributed by atoms with Gasteiger partial charge in [0.15, 0.2) is 0 Å². The first-order valence-electron chi connectivity index (χ1n) is 12.2. The van der Waals surface area contributed by atoms with Crippen molar-refractivity contribution in [2.75, 3.05) is 0 Å². The van der Waals surface area contributed by atoms with Crippen LogP contribution in [-0.4, -0.2) is 0 Å². The molecule has 0 atom stereocenters. The Labute approximate surface area is 212 Å². The van der Waals surface area contributed by atoms with E-state index in [1.807, 2.05) is 0 Å². The smallest absolute Gasteiger partial charge is 0.0619 e. The van der Waals surface area contributed by atoms with Crippen molar-refractivity contribution < 1.29 is 0 Å². The second kappa shape index (κ2) is 6.95. The Morgan fingerprint density at radius 2 is 1.09 bits per heavy atom. The largest absolute Gasteiger partial charge is 0.0736 e. The molecule has 170 valence electrons. The molecule has 0 radical (unpaired) electrons. The zero-order chi connectivity index (χ0) is 24.0. The van der Waals surface area contributed by atoms with Crippen LogP contribution in [0.3, 0.4) is 0 Å². The van der Waals surface area contributed by atoms with Crippen LogP contribution in [0.1, 0.15) is 74.9 Å². The minimum Gasteiger partial charge on any atom is -0.0619 e. The van der Waals surface area contributed by atoms with Crippen molar-refractivity contribution in [2.24, 2.45) is 0 Å². The molecule has 0 unspecified atom stereocenters. The zero-order valence-corrected chi connectivity index (χ0v) is 22.5. The van der Waals surface area contributed by atoms with Gasteiger partial charge >= 0.3 is 0 Å². The molecular weight excluding hydrogens is 476 g/mol. The second-order valence-corrected chi connectivity index (χ2v) is 12.7. The molecule has 0 aromatic heterocycles. The molecule has 34 heavy (non-hydrogen) atoms. The van der Waals surface area contributed by atoms with Crippen LogP contribution in [0.4, 0.5) is 0 Å². The van der Waals surface area contributed by atoms with E-state index in [4.69, 9.17) is 0 Å². The lowest BCUT2D eigenvalue weighted by atomic mass is 9.69. The van der Waals surface area contributed by atoms with Crippen molar-refractivity contribution >= 4 is 15.9 Å². The van der Waals surface area contributed by atoms with Crippen LogP contribution in [-0.2, 0) is 16.2 Å². The van der Waals surface area contributed by atoms with Gasteiger partial charge in [0.2, 0.25) is 0 Å². The molecule has 0 N–H and O–H groups in total. The minimum absolute atomic E-state index is 0.0397. The van der Waals surface area contributed by atoms with E-state index in [-0.39, 0.29) is 16.2 Å². The summed E-state index contributed by atoms with van der Waals surface area (Å²) in [5.41, 5.74) is 13.6. The van der Waals surface area contributed by atoms with Gasteiger partial charge in [-0.1, -0.05) is 136 Å². The average Bonchev–Trinajstić information content (AvgIpc) is 3.25. The van der Waals surface area contributed by atoms with Crippen LogP contribution in [0.5, 0.6) is 0 Å². The third-order valence-electron chi connectivity index (χ3n) is 7.86. The predicted octanol–water partition coefficient (Wildman–Crippen LogP) is 9.39. The summed E-state index contributed by atoms with van der Waals surface area (Å²) in [6.45, 7) is 13.9. The molecule has 0 bridgehead atoms. The van der Waals surface area contributed by atoms with Gasteiger partial charge in [-0.3, -0.25) is 0 Å². The molecule has 2 aliphatic carbocycles. The zero-order valence-electron chi connectivity index (χ0n) is 20.9. The number of benzene rings is 4. The van der Waals surface area contributed by atoms with E-state index in [1.165, 1.54) is 60.1 Å². The molecular formula is C33H31Br. The van der Waals surface area contributed by atoms with E-state index in [1.54, 1.807) is 0 Å². The van der Waals surface area contributed by atoms with Crippen molar-refractivity contribution in [3.8, 4) is 22.3 Å². The molecule has 0 nitrogen and oxygen atoms in total. The summed E-state index contributed by atoms with van der Waals surface area (Å²) in [6, 6.07) is 30.0. The Hall–Kier alpha value is -2.64. The van der Waals surface area contributed by atoms with Gasteiger partial charge in [-0.25, -0.2) is 0 Å². The average molecular weight is 508 g/mol. The predicted molar refractivity (Wildman–Crippen MR) is 148 cm³/mol. The van der Waals surface area contributed by atoms with Crippen LogP contribution in [0.2, 0.25) is 0 Å². The summed E-state index contributed by atoms with van der Waals surface area (Å²) < 4.78 is 1.25. The SMILES string of the molecule is CC(C)(C)c1ccc2c(c1)C1(c3ccccc3-c3ccccc31)c1c-2ccc(C(C)(C)C)c1Br. The number of halogens is 1. The van der Waals surface area contributed by atoms with E-state index < -0.39 is 0 Å². The van der Waals surface area contributed by atoms with Gasteiger partial charge in [-0.05, 0) is 66.5 Å². The van der Waals surface area contributed by atoms with Crippen LogP contribution < -0.4 is 0 Å². The van der Waals surface area contributed by atoms with Crippen molar-refractivity contribution in [1.29, 1.82) is 0 Å². The number of hydrogen-bond acceptors (Lipinski definition) is 0. The summed E-state index contributed by atoms with van der Waals surface area (Å²) in [5.74, 6) is 0. The highest BCUT2D eigenvalue weighted by Crippen LogP contribution is 2.65. The lowest BCUT2D eigenvalue weighted by Crippen LogP contribution is -2.28. The first-order chi connectivity index (χ1) is 16.1. The number of hydrogen-bond donors (Lipinski definition) is 0. The molecule has 6 rings (SSSR count). The fraction of sp³-hybridized carbons (Fsp3) is 0.273. The highest BCUT2D eigenvalue weighted by atomic mass is 79.9. The van der Waals surface area contributed by atoms with Crippen LogP contribution >= 0.6 is 15.9 Å². The summed E-state index contributed by atoms with van der Waals surface area (Å²) in [6.07, 6.45) is 0. The fourth-order valence-corrected chi connectivity index (χ4v) is 7.47. The molecule has 0 amide bonds. The van der Waals surface area contributed by atoms with Crippen molar-refractivity contribution in [3.05, 3.63) is 117 Å². The third-order valence-corrected chi connectivity index (χ3v) is 8.68. The Morgan fingerprint density at radius 1 is 0.559 bits per heavy atom. The Kier molecular flexibility index (Phi) is 4.47.